The first-order valence-corrected chi connectivity index (χ1v) is 3.23. The predicted octanol–water partition coefficient (Wildman–Crippen LogP) is 2.43. The van der Waals surface area contributed by atoms with Gasteiger partial charge in [0.15, 0.2) is 0 Å². The molecule has 0 fully saturated rings. The fraction of sp³-hybridized carbons (Fsp3) is 0.625. The van der Waals surface area contributed by atoms with Crippen LogP contribution in [0.15, 0.2) is 17.1 Å². The maximum Gasteiger partial charge on any atom is 0.0524 e. The Bertz CT molecular complexity index is 115. The van der Waals surface area contributed by atoms with Crippen LogP contribution in [0.1, 0.15) is 27.7 Å². The Morgan fingerprint density at radius 2 is 1.78 bits per heavy atom. The van der Waals surface area contributed by atoms with Crippen LogP contribution in [0, 0.1) is 0 Å². The van der Waals surface area contributed by atoms with Gasteiger partial charge in [-0.2, -0.15) is 0 Å². The highest BCUT2D eigenvalue weighted by molar-refractivity contribution is 5.71. The second kappa shape index (κ2) is 3.44. The minimum absolute atomic E-state index is 0.0690. The van der Waals surface area contributed by atoms with Gasteiger partial charge in [-0.3, -0.25) is 4.99 Å². The van der Waals surface area contributed by atoms with Crippen LogP contribution < -0.4 is 0 Å². The van der Waals surface area contributed by atoms with Gasteiger partial charge in [0.2, 0.25) is 0 Å². The number of aliphatic imine (C=N–C) groups is 1. The lowest BCUT2D eigenvalue weighted by Gasteiger charge is -2.09. The van der Waals surface area contributed by atoms with Gasteiger partial charge < -0.3 is 0 Å². The van der Waals surface area contributed by atoms with Crippen LogP contribution >= 0.6 is 0 Å². The fourth-order valence-corrected chi connectivity index (χ4v) is 0.353. The standard InChI is InChI=1S/C8H15N/c1-5-6-7-9-8(2,3)4/h5-7H,1-4H3/b6-5-,9-7?. The first-order chi connectivity index (χ1) is 4.06. The summed E-state index contributed by atoms with van der Waals surface area (Å²) in [4.78, 5) is 4.23. The van der Waals surface area contributed by atoms with Crippen molar-refractivity contribution in [3.05, 3.63) is 12.2 Å². The lowest BCUT2D eigenvalue weighted by atomic mass is 10.1. The molecule has 0 bridgehead atoms. The van der Waals surface area contributed by atoms with Crippen LogP contribution in [0.25, 0.3) is 0 Å². The monoisotopic (exact) mass is 125 g/mol. The summed E-state index contributed by atoms with van der Waals surface area (Å²) in [5, 5.41) is 0. The first-order valence-electron chi connectivity index (χ1n) is 3.23. The highest BCUT2D eigenvalue weighted by Crippen LogP contribution is 2.03. The largest absolute Gasteiger partial charge is 0.287 e. The van der Waals surface area contributed by atoms with Crippen molar-refractivity contribution in [3.63, 3.8) is 0 Å². The van der Waals surface area contributed by atoms with Crippen molar-refractivity contribution in [1.29, 1.82) is 0 Å². The van der Waals surface area contributed by atoms with Crippen LogP contribution in [0.3, 0.4) is 0 Å². The van der Waals surface area contributed by atoms with Crippen LogP contribution in [0.5, 0.6) is 0 Å². The van der Waals surface area contributed by atoms with Crippen molar-refractivity contribution in [2.24, 2.45) is 4.99 Å². The molecule has 1 nitrogen and oxygen atoms in total. The maximum atomic E-state index is 4.23. The fourth-order valence-electron chi connectivity index (χ4n) is 0.353. The number of hydrogen-bond acceptors (Lipinski definition) is 1. The predicted molar refractivity (Wildman–Crippen MR) is 43.1 cm³/mol. The van der Waals surface area contributed by atoms with Crippen molar-refractivity contribution in [3.8, 4) is 0 Å². The van der Waals surface area contributed by atoms with Crippen LogP contribution in [0.4, 0.5) is 0 Å². The van der Waals surface area contributed by atoms with E-state index in [1.807, 2.05) is 25.3 Å². The Hall–Kier alpha value is -0.590. The van der Waals surface area contributed by atoms with Gasteiger partial charge in [0.05, 0.1) is 5.54 Å². The quantitative estimate of drug-likeness (QED) is 0.477. The van der Waals surface area contributed by atoms with Gasteiger partial charge in [0.25, 0.3) is 0 Å². The van der Waals surface area contributed by atoms with E-state index < -0.39 is 0 Å². The molecule has 1 heteroatoms. The zero-order chi connectivity index (χ0) is 7.33. The van der Waals surface area contributed by atoms with Crippen molar-refractivity contribution in [2.75, 3.05) is 0 Å². The van der Waals surface area contributed by atoms with Crippen molar-refractivity contribution < 1.29 is 0 Å². The Morgan fingerprint density at radius 1 is 1.22 bits per heavy atom. The summed E-state index contributed by atoms with van der Waals surface area (Å²) in [5.74, 6) is 0. The van der Waals surface area contributed by atoms with Gasteiger partial charge in [-0.05, 0) is 33.8 Å². The van der Waals surface area contributed by atoms with E-state index in [9.17, 15) is 0 Å². The lowest BCUT2D eigenvalue weighted by molar-refractivity contribution is 0.587. The molecule has 0 rings (SSSR count). The maximum absolute atomic E-state index is 4.23. The zero-order valence-corrected chi connectivity index (χ0v) is 6.68. The zero-order valence-electron chi connectivity index (χ0n) is 6.68. The van der Waals surface area contributed by atoms with E-state index in [4.69, 9.17) is 0 Å². The third-order valence-corrected chi connectivity index (χ3v) is 0.740. The van der Waals surface area contributed by atoms with E-state index in [2.05, 4.69) is 25.8 Å². The second-order valence-electron chi connectivity index (χ2n) is 2.97. The molecule has 0 aromatic rings. The average molecular weight is 125 g/mol. The topological polar surface area (TPSA) is 12.4 Å². The Kier molecular flexibility index (Phi) is 3.21. The highest BCUT2D eigenvalue weighted by Gasteiger charge is 2.02. The minimum Gasteiger partial charge on any atom is -0.287 e. The number of allylic oxidation sites excluding steroid dienone is 2. The summed E-state index contributed by atoms with van der Waals surface area (Å²) in [6.45, 7) is 8.21. The molecule has 0 aromatic heterocycles. The van der Waals surface area contributed by atoms with E-state index in [1.54, 1.807) is 0 Å². The third kappa shape index (κ3) is 7.41. The minimum atomic E-state index is 0.0690. The Balaban J connectivity index is 3.71. The van der Waals surface area contributed by atoms with Crippen molar-refractivity contribution >= 4 is 6.21 Å². The molecule has 0 aromatic carbocycles. The third-order valence-electron chi connectivity index (χ3n) is 0.740. The van der Waals surface area contributed by atoms with E-state index >= 15 is 0 Å². The Morgan fingerprint density at radius 3 is 2.11 bits per heavy atom. The molecule has 0 heterocycles. The summed E-state index contributed by atoms with van der Waals surface area (Å²) >= 11 is 0. The summed E-state index contributed by atoms with van der Waals surface area (Å²) in [5.41, 5.74) is 0.0690. The summed E-state index contributed by atoms with van der Waals surface area (Å²) in [7, 11) is 0. The van der Waals surface area contributed by atoms with Gasteiger partial charge in [0, 0.05) is 6.21 Å². The molecule has 0 aliphatic carbocycles. The van der Waals surface area contributed by atoms with E-state index in [0.717, 1.165) is 0 Å². The summed E-state index contributed by atoms with van der Waals surface area (Å²) in [6.07, 6.45) is 5.74. The molecule has 0 atom stereocenters. The molecule has 0 saturated carbocycles. The van der Waals surface area contributed by atoms with Crippen LogP contribution in [0.2, 0.25) is 0 Å². The molecule has 0 N–H and O–H groups in total. The average Bonchev–Trinajstić information content (AvgIpc) is 1.63. The van der Waals surface area contributed by atoms with Gasteiger partial charge >= 0.3 is 0 Å². The molecule has 0 unspecified atom stereocenters. The molecule has 0 spiro atoms. The molecular weight excluding hydrogens is 110 g/mol. The molecule has 0 radical (unpaired) electrons. The molecule has 0 saturated heterocycles. The van der Waals surface area contributed by atoms with Crippen molar-refractivity contribution in [1.82, 2.24) is 0 Å². The molecular formula is C8H15N. The smallest absolute Gasteiger partial charge is 0.0524 e. The molecule has 0 aliphatic rings. The molecule has 0 amide bonds. The van der Waals surface area contributed by atoms with Crippen molar-refractivity contribution in [2.45, 2.75) is 33.2 Å². The van der Waals surface area contributed by atoms with E-state index in [1.165, 1.54) is 0 Å². The Labute approximate surface area is 57.5 Å². The van der Waals surface area contributed by atoms with Gasteiger partial charge in [-0.15, -0.1) is 0 Å². The SMILES string of the molecule is C/C=C\C=NC(C)(C)C. The highest BCUT2D eigenvalue weighted by atomic mass is 14.8. The van der Waals surface area contributed by atoms with Crippen LogP contribution in [-0.2, 0) is 0 Å². The normalized spacial score (nSPS) is 13.8. The molecule has 0 aliphatic heterocycles. The second-order valence-corrected chi connectivity index (χ2v) is 2.97. The number of hydrogen-bond donors (Lipinski definition) is 0. The van der Waals surface area contributed by atoms with E-state index in [0.29, 0.717) is 0 Å². The number of nitrogens with zero attached hydrogens (tertiary/aromatic N) is 1. The van der Waals surface area contributed by atoms with Gasteiger partial charge in [-0.1, -0.05) is 6.08 Å². The first kappa shape index (κ1) is 8.41. The van der Waals surface area contributed by atoms with Gasteiger partial charge in [0.1, 0.15) is 0 Å². The van der Waals surface area contributed by atoms with Crippen LogP contribution in [-0.4, -0.2) is 11.8 Å². The summed E-state index contributed by atoms with van der Waals surface area (Å²) in [6, 6.07) is 0. The van der Waals surface area contributed by atoms with E-state index in [-0.39, 0.29) is 5.54 Å². The van der Waals surface area contributed by atoms with Gasteiger partial charge in [-0.25, -0.2) is 0 Å². The number of rotatable bonds is 1. The lowest BCUT2D eigenvalue weighted by Crippen LogP contribution is -2.08. The molecule has 52 valence electrons. The molecule has 9 heavy (non-hydrogen) atoms. The summed E-state index contributed by atoms with van der Waals surface area (Å²) < 4.78 is 0.